The minimum absolute atomic E-state index is 0.355. The van der Waals surface area contributed by atoms with Crippen molar-refractivity contribution in [2.75, 3.05) is 18.0 Å². The molecule has 4 nitrogen and oxygen atoms in total. The van der Waals surface area contributed by atoms with Crippen LogP contribution in [0.1, 0.15) is 29.7 Å². The normalized spacial score (nSPS) is 15.4. The first kappa shape index (κ1) is 23.1. The van der Waals surface area contributed by atoms with E-state index in [9.17, 15) is 8.42 Å². The molecular weight excluding hydrogens is 539 g/mol. The summed E-state index contributed by atoms with van der Waals surface area (Å²) in [5.74, 6) is 0. The quantitative estimate of drug-likeness (QED) is 0.329. The zero-order valence-electron chi connectivity index (χ0n) is 16.6. The Kier molecular flexibility index (Phi) is 7.28. The first-order valence-electron chi connectivity index (χ1n) is 9.88. The van der Waals surface area contributed by atoms with Gasteiger partial charge in [0.2, 0.25) is 0 Å². The maximum absolute atomic E-state index is 13.0. The maximum Gasteiger partial charge on any atom is 0.185 e. The Hall–Kier alpha value is -1.12. The van der Waals surface area contributed by atoms with Gasteiger partial charge in [-0.15, -0.1) is 11.3 Å². The number of alkyl halides is 1. The summed E-state index contributed by atoms with van der Waals surface area (Å²) in [5, 5.41) is 4.56. The van der Waals surface area contributed by atoms with Crippen molar-refractivity contribution < 1.29 is 8.42 Å². The number of anilines is 1. The molecular formula is C22H21BrCl2N2O2S2. The second-order valence-electron chi connectivity index (χ2n) is 7.58. The van der Waals surface area contributed by atoms with E-state index in [0.29, 0.717) is 52.6 Å². The van der Waals surface area contributed by atoms with Crippen molar-refractivity contribution in [3.8, 4) is 0 Å². The van der Waals surface area contributed by atoms with Crippen LogP contribution in [0.4, 0.5) is 5.13 Å². The Morgan fingerprint density at radius 3 is 2.29 bits per heavy atom. The van der Waals surface area contributed by atoms with E-state index in [2.05, 4.69) is 20.8 Å². The Morgan fingerprint density at radius 1 is 1.03 bits per heavy atom. The Labute approximate surface area is 205 Å². The van der Waals surface area contributed by atoms with E-state index < -0.39 is 9.84 Å². The highest BCUT2D eigenvalue weighted by Crippen LogP contribution is 2.30. The fourth-order valence-corrected chi connectivity index (χ4v) is 7.32. The van der Waals surface area contributed by atoms with Crippen LogP contribution in [0, 0.1) is 0 Å². The third-order valence-electron chi connectivity index (χ3n) is 5.40. The lowest BCUT2D eigenvalue weighted by atomic mass is 10.1. The summed E-state index contributed by atoms with van der Waals surface area (Å²) in [6, 6.07) is 12.7. The minimum atomic E-state index is -3.32. The molecule has 2 heterocycles. The van der Waals surface area contributed by atoms with Crippen LogP contribution >= 0.6 is 50.5 Å². The zero-order chi connectivity index (χ0) is 22.0. The van der Waals surface area contributed by atoms with E-state index in [1.165, 1.54) is 0 Å². The number of hydrogen-bond acceptors (Lipinski definition) is 5. The third kappa shape index (κ3) is 5.45. The number of thiazole rings is 1. The summed E-state index contributed by atoms with van der Waals surface area (Å²) in [4.78, 5) is 7.35. The van der Waals surface area contributed by atoms with Crippen molar-refractivity contribution in [1.82, 2.24) is 4.98 Å². The number of nitrogens with zero attached hydrogens (tertiary/aromatic N) is 2. The molecule has 31 heavy (non-hydrogen) atoms. The number of sulfone groups is 1. The van der Waals surface area contributed by atoms with Gasteiger partial charge in [-0.2, -0.15) is 0 Å². The molecule has 1 saturated heterocycles. The van der Waals surface area contributed by atoms with E-state index in [-0.39, 0.29) is 5.25 Å². The fraction of sp³-hybridized carbons (Fsp3) is 0.318. The summed E-state index contributed by atoms with van der Waals surface area (Å²) < 4.78 is 26.1. The molecule has 0 radical (unpaired) electrons. The van der Waals surface area contributed by atoms with Gasteiger partial charge in [0.05, 0.1) is 15.8 Å². The summed E-state index contributed by atoms with van der Waals surface area (Å²) in [6.07, 6.45) is 1.86. The highest BCUT2D eigenvalue weighted by molar-refractivity contribution is 9.08. The van der Waals surface area contributed by atoms with Crippen molar-refractivity contribution in [3.63, 3.8) is 0 Å². The molecule has 0 aliphatic carbocycles. The Balaban J connectivity index is 1.39. The number of hydrogen-bond donors (Lipinski definition) is 0. The van der Waals surface area contributed by atoms with Crippen molar-refractivity contribution in [1.29, 1.82) is 0 Å². The molecule has 4 rings (SSSR count). The van der Waals surface area contributed by atoms with Crippen molar-refractivity contribution in [2.45, 2.75) is 34.7 Å². The number of aromatic nitrogens is 1. The third-order valence-corrected chi connectivity index (χ3v) is 9.72. The molecule has 9 heteroatoms. The van der Waals surface area contributed by atoms with Gasteiger partial charge in [0.1, 0.15) is 0 Å². The summed E-state index contributed by atoms with van der Waals surface area (Å²) >= 11 is 17.2. The molecule has 1 fully saturated rings. The lowest BCUT2D eigenvalue weighted by Gasteiger charge is -2.31. The molecule has 164 valence electrons. The smallest absolute Gasteiger partial charge is 0.185 e. The van der Waals surface area contributed by atoms with E-state index in [1.54, 1.807) is 29.5 Å². The molecule has 0 unspecified atom stereocenters. The van der Waals surface area contributed by atoms with Gasteiger partial charge in [-0.25, -0.2) is 13.4 Å². The van der Waals surface area contributed by atoms with Crippen LogP contribution in [-0.4, -0.2) is 31.7 Å². The predicted octanol–water partition coefficient (Wildman–Crippen LogP) is 6.38. The second kappa shape index (κ2) is 9.79. The maximum atomic E-state index is 13.0. The molecule has 0 saturated carbocycles. The van der Waals surface area contributed by atoms with Gasteiger partial charge in [0.25, 0.3) is 0 Å². The molecule has 1 aliphatic heterocycles. The minimum Gasteiger partial charge on any atom is -0.348 e. The average molecular weight is 560 g/mol. The zero-order valence-corrected chi connectivity index (χ0v) is 21.3. The van der Waals surface area contributed by atoms with Gasteiger partial charge in [-0.1, -0.05) is 51.3 Å². The molecule has 0 atom stereocenters. The SMILES string of the molecule is O=S(=O)(c1ccc(CBr)cc1)C1CCN(c2nc(Cc3cc(Cl)cc(Cl)c3)cs2)CC1. The van der Waals surface area contributed by atoms with E-state index >= 15 is 0 Å². The molecule has 0 spiro atoms. The first-order valence-corrected chi connectivity index (χ1v) is 14.2. The van der Waals surface area contributed by atoms with Gasteiger partial charge in [0.15, 0.2) is 15.0 Å². The van der Waals surface area contributed by atoms with Gasteiger partial charge in [-0.3, -0.25) is 0 Å². The van der Waals surface area contributed by atoms with Gasteiger partial charge in [0, 0.05) is 40.3 Å². The van der Waals surface area contributed by atoms with Gasteiger partial charge in [-0.05, 0) is 54.3 Å². The highest BCUT2D eigenvalue weighted by atomic mass is 79.9. The molecule has 1 aromatic heterocycles. The van der Waals surface area contributed by atoms with E-state index in [1.807, 2.05) is 29.6 Å². The fourth-order valence-electron chi connectivity index (χ4n) is 3.76. The number of benzene rings is 2. The molecule has 2 aromatic carbocycles. The predicted molar refractivity (Wildman–Crippen MR) is 133 cm³/mol. The lowest BCUT2D eigenvalue weighted by Crippen LogP contribution is -2.39. The lowest BCUT2D eigenvalue weighted by molar-refractivity contribution is 0.529. The van der Waals surface area contributed by atoms with Crippen LogP contribution < -0.4 is 4.90 Å². The Morgan fingerprint density at radius 2 is 1.68 bits per heavy atom. The monoisotopic (exact) mass is 558 g/mol. The molecule has 0 N–H and O–H groups in total. The summed E-state index contributed by atoms with van der Waals surface area (Å²) in [5.41, 5.74) is 3.04. The van der Waals surface area contributed by atoms with Crippen LogP contribution in [0.15, 0.2) is 52.7 Å². The second-order valence-corrected chi connectivity index (χ2v) is 12.1. The molecule has 1 aliphatic rings. The van der Waals surface area contributed by atoms with Gasteiger partial charge >= 0.3 is 0 Å². The van der Waals surface area contributed by atoms with Crippen molar-refractivity contribution in [3.05, 3.63) is 74.7 Å². The summed E-state index contributed by atoms with van der Waals surface area (Å²) in [7, 11) is -3.32. The van der Waals surface area contributed by atoms with Crippen LogP contribution in [0.5, 0.6) is 0 Å². The first-order chi connectivity index (χ1) is 14.8. The van der Waals surface area contributed by atoms with Crippen LogP contribution in [0.2, 0.25) is 10.0 Å². The molecule has 0 bridgehead atoms. The van der Waals surface area contributed by atoms with Crippen molar-refractivity contribution >= 4 is 65.4 Å². The van der Waals surface area contributed by atoms with Crippen LogP contribution in [-0.2, 0) is 21.6 Å². The molecule has 3 aromatic rings. The van der Waals surface area contributed by atoms with Crippen LogP contribution in [0.25, 0.3) is 0 Å². The van der Waals surface area contributed by atoms with Crippen LogP contribution in [0.3, 0.4) is 0 Å². The number of piperidine rings is 1. The van der Waals surface area contributed by atoms with Crippen molar-refractivity contribution in [2.24, 2.45) is 0 Å². The average Bonchev–Trinajstić information content (AvgIpc) is 3.21. The molecule has 0 amide bonds. The topological polar surface area (TPSA) is 50.3 Å². The number of rotatable bonds is 6. The highest BCUT2D eigenvalue weighted by Gasteiger charge is 2.32. The Bertz CT molecular complexity index is 1140. The standard InChI is InChI=1S/C22H21BrCl2N2O2S2/c23-13-15-1-3-20(4-2-15)31(28,29)21-5-7-27(8-6-21)22-26-19(14-30-22)11-16-9-17(24)12-18(25)10-16/h1-4,9-10,12,14,21H,5-8,11,13H2. The number of halogens is 3. The van der Waals surface area contributed by atoms with E-state index in [4.69, 9.17) is 28.2 Å². The van der Waals surface area contributed by atoms with E-state index in [0.717, 1.165) is 22.0 Å². The summed E-state index contributed by atoms with van der Waals surface area (Å²) in [6.45, 7) is 1.36. The largest absolute Gasteiger partial charge is 0.348 e. The van der Waals surface area contributed by atoms with Gasteiger partial charge < -0.3 is 4.90 Å².